The van der Waals surface area contributed by atoms with Crippen molar-refractivity contribution >= 4 is 28.4 Å². The SMILES string of the molecule is O=C(NCc1ccc(F)cc1)N1CCC2(CC1)N(c1ccccc1)C(=O)CS2=O. The zero-order chi connectivity index (χ0) is 20.4. The van der Waals surface area contributed by atoms with Crippen LogP contribution in [0.3, 0.4) is 0 Å². The highest BCUT2D eigenvalue weighted by Crippen LogP contribution is 2.40. The molecule has 0 aromatic heterocycles. The number of carbonyl (C=O) groups is 2. The van der Waals surface area contributed by atoms with Crippen molar-refractivity contribution in [3.8, 4) is 0 Å². The minimum atomic E-state index is -1.31. The third-order valence-electron chi connectivity index (χ3n) is 5.54. The van der Waals surface area contributed by atoms with Gasteiger partial charge in [0.2, 0.25) is 5.91 Å². The van der Waals surface area contributed by atoms with E-state index in [9.17, 15) is 18.2 Å². The quantitative estimate of drug-likeness (QED) is 0.838. The lowest BCUT2D eigenvalue weighted by Gasteiger charge is -2.43. The Labute approximate surface area is 171 Å². The van der Waals surface area contributed by atoms with Gasteiger partial charge in [-0.05, 0) is 29.8 Å². The molecular formula is C21H22FN3O3S. The number of anilines is 1. The molecule has 1 spiro atoms. The molecular weight excluding hydrogens is 393 g/mol. The lowest BCUT2D eigenvalue weighted by molar-refractivity contribution is -0.116. The Kier molecular flexibility index (Phi) is 5.36. The van der Waals surface area contributed by atoms with Gasteiger partial charge in [0.1, 0.15) is 16.4 Å². The Bertz CT molecular complexity index is 928. The van der Waals surface area contributed by atoms with Crippen LogP contribution in [0.15, 0.2) is 54.6 Å². The number of piperidine rings is 1. The molecule has 2 saturated heterocycles. The molecule has 1 unspecified atom stereocenters. The van der Waals surface area contributed by atoms with Crippen LogP contribution in [-0.2, 0) is 22.1 Å². The fraction of sp³-hybridized carbons (Fsp3) is 0.333. The monoisotopic (exact) mass is 415 g/mol. The maximum Gasteiger partial charge on any atom is 0.317 e. The molecule has 8 heteroatoms. The number of nitrogens with zero attached hydrogens (tertiary/aromatic N) is 2. The van der Waals surface area contributed by atoms with Gasteiger partial charge in [-0.3, -0.25) is 13.9 Å². The van der Waals surface area contributed by atoms with Crippen LogP contribution in [0.1, 0.15) is 18.4 Å². The summed E-state index contributed by atoms with van der Waals surface area (Å²) in [5.74, 6) is -0.432. The fourth-order valence-electron chi connectivity index (χ4n) is 4.00. The largest absolute Gasteiger partial charge is 0.334 e. The molecule has 2 fully saturated rings. The van der Waals surface area contributed by atoms with Gasteiger partial charge in [-0.25, -0.2) is 9.18 Å². The molecule has 2 aliphatic heterocycles. The average Bonchev–Trinajstić information content (AvgIpc) is 2.97. The third kappa shape index (κ3) is 3.76. The lowest BCUT2D eigenvalue weighted by Crippen LogP contribution is -2.57. The van der Waals surface area contributed by atoms with E-state index in [2.05, 4.69) is 5.32 Å². The Morgan fingerprint density at radius 3 is 2.38 bits per heavy atom. The van der Waals surface area contributed by atoms with E-state index in [0.29, 0.717) is 32.5 Å². The summed E-state index contributed by atoms with van der Waals surface area (Å²) < 4.78 is 25.8. The number of halogens is 1. The van der Waals surface area contributed by atoms with Gasteiger partial charge in [-0.2, -0.15) is 0 Å². The summed E-state index contributed by atoms with van der Waals surface area (Å²) in [5.41, 5.74) is 1.56. The smallest absolute Gasteiger partial charge is 0.317 e. The highest BCUT2D eigenvalue weighted by atomic mass is 32.2. The van der Waals surface area contributed by atoms with Gasteiger partial charge in [-0.1, -0.05) is 30.3 Å². The maximum absolute atomic E-state index is 13.0. The zero-order valence-corrected chi connectivity index (χ0v) is 16.7. The molecule has 2 aromatic rings. The number of rotatable bonds is 3. The van der Waals surface area contributed by atoms with Crippen molar-refractivity contribution in [3.63, 3.8) is 0 Å². The number of benzene rings is 2. The number of carbonyl (C=O) groups excluding carboxylic acids is 2. The molecule has 0 aliphatic carbocycles. The number of urea groups is 1. The second-order valence-corrected chi connectivity index (χ2v) is 9.01. The molecule has 4 rings (SSSR count). The summed E-state index contributed by atoms with van der Waals surface area (Å²) in [6, 6.07) is 15.1. The summed E-state index contributed by atoms with van der Waals surface area (Å²) in [5, 5.41) is 2.84. The normalized spacial score (nSPS) is 20.9. The first kappa shape index (κ1) is 19.6. The number of likely N-dealkylation sites (tertiary alicyclic amines) is 1. The molecule has 2 aliphatic rings. The summed E-state index contributed by atoms with van der Waals surface area (Å²) in [6.07, 6.45) is 0.925. The van der Waals surface area contributed by atoms with Crippen molar-refractivity contribution in [2.75, 3.05) is 23.7 Å². The Balaban J connectivity index is 1.42. The van der Waals surface area contributed by atoms with E-state index in [0.717, 1.165) is 11.3 Å². The second kappa shape index (κ2) is 7.94. The molecule has 152 valence electrons. The lowest BCUT2D eigenvalue weighted by atomic mass is 10.0. The van der Waals surface area contributed by atoms with Gasteiger partial charge in [0.15, 0.2) is 0 Å². The van der Waals surface area contributed by atoms with Crippen LogP contribution in [0, 0.1) is 5.82 Å². The summed E-state index contributed by atoms with van der Waals surface area (Å²) in [6.45, 7) is 1.14. The fourth-order valence-corrected chi connectivity index (χ4v) is 5.67. The first-order chi connectivity index (χ1) is 14.0. The molecule has 0 radical (unpaired) electrons. The van der Waals surface area contributed by atoms with Crippen molar-refractivity contribution in [1.82, 2.24) is 10.2 Å². The van der Waals surface area contributed by atoms with Gasteiger partial charge >= 0.3 is 6.03 Å². The van der Waals surface area contributed by atoms with Crippen molar-refractivity contribution < 1.29 is 18.2 Å². The van der Waals surface area contributed by atoms with Gasteiger partial charge in [0, 0.05) is 38.2 Å². The first-order valence-corrected chi connectivity index (χ1v) is 10.9. The summed E-state index contributed by atoms with van der Waals surface area (Å²) >= 11 is 0. The van der Waals surface area contributed by atoms with Crippen LogP contribution >= 0.6 is 0 Å². The summed E-state index contributed by atoms with van der Waals surface area (Å²) in [4.78, 5) is 27.7. The minimum absolute atomic E-state index is 0.0195. The van der Waals surface area contributed by atoms with Crippen LogP contribution in [0.5, 0.6) is 0 Å². The standard InChI is InChI=1S/C21H22FN3O3S/c22-17-8-6-16(7-9-17)14-23-20(27)24-12-10-21(11-13-24)25(19(26)15-29(21)28)18-4-2-1-3-5-18/h1-9H,10-15H2,(H,23,27). The molecule has 6 nitrogen and oxygen atoms in total. The Morgan fingerprint density at radius 2 is 1.72 bits per heavy atom. The van der Waals surface area contributed by atoms with Gasteiger partial charge < -0.3 is 10.2 Å². The van der Waals surface area contributed by atoms with Crippen LogP contribution in [0.4, 0.5) is 14.9 Å². The van der Waals surface area contributed by atoms with Crippen LogP contribution < -0.4 is 10.2 Å². The van der Waals surface area contributed by atoms with E-state index in [1.165, 1.54) is 12.1 Å². The molecule has 3 amide bonds. The molecule has 29 heavy (non-hydrogen) atoms. The number of amides is 3. The zero-order valence-electron chi connectivity index (χ0n) is 15.8. The van der Waals surface area contributed by atoms with Gasteiger partial charge in [0.25, 0.3) is 0 Å². The van der Waals surface area contributed by atoms with E-state index in [4.69, 9.17) is 0 Å². The molecule has 1 atom stereocenters. The van der Waals surface area contributed by atoms with E-state index < -0.39 is 15.7 Å². The average molecular weight is 415 g/mol. The number of para-hydroxylation sites is 1. The third-order valence-corrected chi connectivity index (χ3v) is 7.49. The van der Waals surface area contributed by atoms with Crippen molar-refractivity contribution in [2.24, 2.45) is 0 Å². The van der Waals surface area contributed by atoms with Crippen LogP contribution in [0.2, 0.25) is 0 Å². The molecule has 2 aromatic carbocycles. The Morgan fingerprint density at radius 1 is 1.07 bits per heavy atom. The highest BCUT2D eigenvalue weighted by molar-refractivity contribution is 7.88. The minimum Gasteiger partial charge on any atom is -0.334 e. The van der Waals surface area contributed by atoms with Crippen LogP contribution in [-0.4, -0.2) is 44.8 Å². The first-order valence-electron chi connectivity index (χ1n) is 9.53. The van der Waals surface area contributed by atoms with E-state index in [1.54, 1.807) is 21.9 Å². The predicted molar refractivity (Wildman–Crippen MR) is 109 cm³/mol. The Hall–Kier alpha value is -2.74. The van der Waals surface area contributed by atoms with E-state index >= 15 is 0 Å². The van der Waals surface area contributed by atoms with E-state index in [1.807, 2.05) is 30.3 Å². The summed E-state index contributed by atoms with van der Waals surface area (Å²) in [7, 11) is -1.31. The van der Waals surface area contributed by atoms with Crippen molar-refractivity contribution in [1.29, 1.82) is 0 Å². The van der Waals surface area contributed by atoms with E-state index in [-0.39, 0.29) is 23.5 Å². The van der Waals surface area contributed by atoms with Crippen molar-refractivity contribution in [3.05, 3.63) is 66.0 Å². The molecule has 0 bridgehead atoms. The maximum atomic E-state index is 13.0. The van der Waals surface area contributed by atoms with Gasteiger partial charge in [0.05, 0.1) is 10.8 Å². The topological polar surface area (TPSA) is 69.7 Å². The molecule has 1 N–H and O–H groups in total. The molecule has 0 saturated carbocycles. The highest BCUT2D eigenvalue weighted by Gasteiger charge is 2.53. The number of nitrogens with one attached hydrogen (secondary N) is 1. The number of hydrogen-bond donors (Lipinski definition) is 1. The molecule has 2 heterocycles. The van der Waals surface area contributed by atoms with Crippen LogP contribution in [0.25, 0.3) is 0 Å². The van der Waals surface area contributed by atoms with Gasteiger partial charge in [-0.15, -0.1) is 0 Å². The second-order valence-electron chi connectivity index (χ2n) is 7.27. The van der Waals surface area contributed by atoms with Crippen molar-refractivity contribution in [2.45, 2.75) is 24.3 Å². The number of hydrogen-bond acceptors (Lipinski definition) is 3. The predicted octanol–water partition coefficient (Wildman–Crippen LogP) is 2.62.